The summed E-state index contributed by atoms with van der Waals surface area (Å²) in [5.74, 6) is 0.820. The molecule has 21 heavy (non-hydrogen) atoms. The first-order valence-electron chi connectivity index (χ1n) is 7.06. The smallest absolute Gasteiger partial charge is 0.125 e. The van der Waals surface area contributed by atoms with Gasteiger partial charge in [-0.15, -0.1) is 0 Å². The van der Waals surface area contributed by atoms with Crippen LogP contribution in [0.4, 0.5) is 0 Å². The van der Waals surface area contributed by atoms with E-state index in [9.17, 15) is 0 Å². The molecule has 0 fully saturated rings. The fourth-order valence-corrected chi connectivity index (χ4v) is 2.34. The maximum absolute atomic E-state index is 6.27. The molecule has 0 saturated carbocycles. The molecule has 0 radical (unpaired) electrons. The van der Waals surface area contributed by atoms with Crippen molar-refractivity contribution >= 4 is 23.2 Å². The van der Waals surface area contributed by atoms with Gasteiger partial charge in [-0.3, -0.25) is 0 Å². The van der Waals surface area contributed by atoms with E-state index in [1.165, 1.54) is 0 Å². The largest absolute Gasteiger partial charge is 0.489 e. The molecule has 112 valence electrons. The van der Waals surface area contributed by atoms with E-state index in [4.69, 9.17) is 27.9 Å². The Balaban J connectivity index is 2.04. The van der Waals surface area contributed by atoms with E-state index in [2.05, 4.69) is 12.2 Å². The van der Waals surface area contributed by atoms with Crippen LogP contribution in [-0.2, 0) is 13.2 Å². The van der Waals surface area contributed by atoms with E-state index in [1.54, 1.807) is 0 Å². The molecular weight excluding hydrogens is 305 g/mol. The van der Waals surface area contributed by atoms with Crippen LogP contribution in [0.1, 0.15) is 24.5 Å². The first kappa shape index (κ1) is 16.2. The summed E-state index contributed by atoms with van der Waals surface area (Å²) in [6, 6.07) is 13.4. The standard InChI is InChI=1S/C17H19Cl2NO/c1-2-10-20-11-15-16(19)4-3-5-17(15)21-12-13-6-8-14(18)9-7-13/h3-9,20H,2,10-12H2,1H3. The molecule has 0 unspecified atom stereocenters. The minimum absolute atomic E-state index is 0.498. The van der Waals surface area contributed by atoms with Gasteiger partial charge in [-0.25, -0.2) is 0 Å². The van der Waals surface area contributed by atoms with Crippen molar-refractivity contribution < 1.29 is 4.74 Å². The van der Waals surface area contributed by atoms with Crippen molar-refractivity contribution in [2.45, 2.75) is 26.5 Å². The van der Waals surface area contributed by atoms with Crippen LogP contribution in [0.15, 0.2) is 42.5 Å². The summed E-state index contributed by atoms with van der Waals surface area (Å²) in [5.41, 5.74) is 2.08. The summed E-state index contributed by atoms with van der Waals surface area (Å²) in [5, 5.41) is 4.81. The average molecular weight is 324 g/mol. The zero-order valence-electron chi connectivity index (χ0n) is 12.0. The lowest BCUT2D eigenvalue weighted by Gasteiger charge is -2.13. The molecule has 1 N–H and O–H groups in total. The van der Waals surface area contributed by atoms with Gasteiger partial charge in [-0.1, -0.05) is 48.3 Å². The van der Waals surface area contributed by atoms with E-state index in [0.29, 0.717) is 13.2 Å². The van der Waals surface area contributed by atoms with Gasteiger partial charge < -0.3 is 10.1 Å². The molecule has 0 heterocycles. The second-order valence-corrected chi connectivity index (χ2v) is 5.65. The molecule has 0 aliphatic heterocycles. The van der Waals surface area contributed by atoms with Gasteiger partial charge in [0, 0.05) is 22.2 Å². The first-order chi connectivity index (χ1) is 10.2. The van der Waals surface area contributed by atoms with Gasteiger partial charge >= 0.3 is 0 Å². The summed E-state index contributed by atoms with van der Waals surface area (Å²) in [7, 11) is 0. The fraction of sp³-hybridized carbons (Fsp3) is 0.294. The third-order valence-electron chi connectivity index (χ3n) is 3.11. The van der Waals surface area contributed by atoms with Crippen LogP contribution in [0.25, 0.3) is 0 Å². The van der Waals surface area contributed by atoms with Gasteiger partial charge in [0.1, 0.15) is 12.4 Å². The Kier molecular flexibility index (Phi) is 6.37. The number of benzene rings is 2. The Bertz CT molecular complexity index is 570. The van der Waals surface area contributed by atoms with Gasteiger partial charge in [-0.05, 0) is 42.8 Å². The molecule has 4 heteroatoms. The summed E-state index contributed by atoms with van der Waals surface area (Å²) >= 11 is 12.2. The Labute approximate surface area is 136 Å². The highest BCUT2D eigenvalue weighted by molar-refractivity contribution is 6.31. The van der Waals surface area contributed by atoms with Crippen molar-refractivity contribution in [3.8, 4) is 5.75 Å². The van der Waals surface area contributed by atoms with Crippen LogP contribution in [0, 0.1) is 0 Å². The highest BCUT2D eigenvalue weighted by Crippen LogP contribution is 2.27. The van der Waals surface area contributed by atoms with Crippen molar-refractivity contribution in [1.29, 1.82) is 0 Å². The molecule has 2 aromatic carbocycles. The normalized spacial score (nSPS) is 10.6. The Morgan fingerprint density at radius 2 is 1.81 bits per heavy atom. The zero-order valence-corrected chi connectivity index (χ0v) is 13.5. The highest BCUT2D eigenvalue weighted by Gasteiger charge is 2.08. The number of hydrogen-bond donors (Lipinski definition) is 1. The maximum atomic E-state index is 6.27. The van der Waals surface area contributed by atoms with Gasteiger partial charge in [-0.2, -0.15) is 0 Å². The third kappa shape index (κ3) is 4.92. The summed E-state index contributed by atoms with van der Waals surface area (Å²) in [4.78, 5) is 0. The highest BCUT2D eigenvalue weighted by atomic mass is 35.5. The van der Waals surface area contributed by atoms with E-state index in [1.807, 2.05) is 42.5 Å². The summed E-state index contributed by atoms with van der Waals surface area (Å²) in [6.45, 7) is 4.31. The lowest BCUT2D eigenvalue weighted by molar-refractivity contribution is 0.302. The molecule has 0 amide bonds. The quantitative estimate of drug-likeness (QED) is 0.718. The first-order valence-corrected chi connectivity index (χ1v) is 7.81. The van der Waals surface area contributed by atoms with Crippen molar-refractivity contribution in [2.24, 2.45) is 0 Å². The fourth-order valence-electron chi connectivity index (χ4n) is 1.98. The Hall–Kier alpha value is -1.22. The molecule has 0 spiro atoms. The maximum Gasteiger partial charge on any atom is 0.125 e. The number of rotatable bonds is 7. The average Bonchev–Trinajstić information content (AvgIpc) is 2.49. The van der Waals surface area contributed by atoms with Crippen LogP contribution in [0.2, 0.25) is 10.0 Å². The van der Waals surface area contributed by atoms with E-state index in [0.717, 1.165) is 39.9 Å². The summed E-state index contributed by atoms with van der Waals surface area (Å²) < 4.78 is 5.91. The number of ether oxygens (including phenoxy) is 1. The van der Waals surface area contributed by atoms with Crippen molar-refractivity contribution in [3.05, 3.63) is 63.6 Å². The van der Waals surface area contributed by atoms with Crippen molar-refractivity contribution in [1.82, 2.24) is 5.32 Å². The topological polar surface area (TPSA) is 21.3 Å². The molecule has 0 saturated heterocycles. The van der Waals surface area contributed by atoms with Crippen LogP contribution < -0.4 is 10.1 Å². The SMILES string of the molecule is CCCNCc1c(Cl)cccc1OCc1ccc(Cl)cc1. The molecule has 0 bridgehead atoms. The minimum Gasteiger partial charge on any atom is -0.489 e. The Morgan fingerprint density at radius 1 is 1.05 bits per heavy atom. The lowest BCUT2D eigenvalue weighted by Crippen LogP contribution is -2.15. The van der Waals surface area contributed by atoms with E-state index < -0.39 is 0 Å². The predicted molar refractivity (Wildman–Crippen MR) is 89.2 cm³/mol. The molecule has 0 atom stereocenters. The van der Waals surface area contributed by atoms with E-state index in [-0.39, 0.29) is 0 Å². The molecule has 2 rings (SSSR count). The molecule has 0 aromatic heterocycles. The second-order valence-electron chi connectivity index (χ2n) is 4.81. The van der Waals surface area contributed by atoms with Gasteiger partial charge in [0.15, 0.2) is 0 Å². The minimum atomic E-state index is 0.498. The van der Waals surface area contributed by atoms with Crippen LogP contribution in [-0.4, -0.2) is 6.54 Å². The van der Waals surface area contributed by atoms with Crippen molar-refractivity contribution in [3.63, 3.8) is 0 Å². The van der Waals surface area contributed by atoms with Gasteiger partial charge in [0.05, 0.1) is 0 Å². The predicted octanol–water partition coefficient (Wildman–Crippen LogP) is 5.07. The number of hydrogen-bond acceptors (Lipinski definition) is 2. The lowest BCUT2D eigenvalue weighted by atomic mass is 10.2. The molecular formula is C17H19Cl2NO. The van der Waals surface area contributed by atoms with E-state index >= 15 is 0 Å². The van der Waals surface area contributed by atoms with Crippen LogP contribution in [0.3, 0.4) is 0 Å². The molecule has 0 aliphatic rings. The molecule has 0 aliphatic carbocycles. The number of halogens is 2. The van der Waals surface area contributed by atoms with Crippen LogP contribution >= 0.6 is 23.2 Å². The second kappa shape index (κ2) is 8.28. The van der Waals surface area contributed by atoms with Crippen LogP contribution in [0.5, 0.6) is 5.75 Å². The van der Waals surface area contributed by atoms with Gasteiger partial charge in [0.2, 0.25) is 0 Å². The van der Waals surface area contributed by atoms with Crippen molar-refractivity contribution in [2.75, 3.05) is 6.54 Å². The number of nitrogens with one attached hydrogen (secondary N) is 1. The summed E-state index contributed by atoms with van der Waals surface area (Å²) in [6.07, 6.45) is 1.09. The molecule has 2 aromatic rings. The van der Waals surface area contributed by atoms with Gasteiger partial charge in [0.25, 0.3) is 0 Å². The molecule has 2 nitrogen and oxygen atoms in total. The third-order valence-corrected chi connectivity index (χ3v) is 3.72. The monoisotopic (exact) mass is 323 g/mol. The Morgan fingerprint density at radius 3 is 2.52 bits per heavy atom. The zero-order chi connectivity index (χ0) is 15.1.